The Hall–Kier alpha value is -2.05. The zero-order valence-corrected chi connectivity index (χ0v) is 12.2. The number of rotatable bonds is 3. The molecule has 0 spiro atoms. The minimum absolute atomic E-state index is 0.151. The number of amides is 1. The molecule has 0 aromatic heterocycles. The summed E-state index contributed by atoms with van der Waals surface area (Å²) in [6, 6.07) is 5.33. The van der Waals surface area contributed by atoms with Crippen LogP contribution in [0.2, 0.25) is 0 Å². The van der Waals surface area contributed by atoms with Crippen LogP contribution in [-0.4, -0.2) is 35.0 Å². The molecule has 2 fully saturated rings. The summed E-state index contributed by atoms with van der Waals surface area (Å²) in [5.41, 5.74) is -0.530. The van der Waals surface area contributed by atoms with Crippen LogP contribution in [-0.2, 0) is 15.8 Å². The molecule has 4 nitrogen and oxygen atoms in total. The van der Waals surface area contributed by atoms with E-state index in [1.165, 1.54) is 17.0 Å². The van der Waals surface area contributed by atoms with E-state index in [2.05, 4.69) is 0 Å². The van der Waals surface area contributed by atoms with E-state index in [1.54, 1.807) is 6.07 Å². The Balaban J connectivity index is 1.71. The van der Waals surface area contributed by atoms with E-state index in [9.17, 15) is 22.8 Å². The Labute approximate surface area is 130 Å². The standard InChI is InChI=1S/C16H16F3NO3/c17-16(18,19)13-4-2-1-3-10(13)11-7-12(11)14(21)20-6-5-9(8-20)15(22)23/h1-4,9,11-12H,5-8H2,(H,22,23)/t9-,11-,12+/m1/s1. The van der Waals surface area contributed by atoms with Gasteiger partial charge >= 0.3 is 12.1 Å². The molecule has 0 radical (unpaired) electrons. The van der Waals surface area contributed by atoms with Gasteiger partial charge in [0.05, 0.1) is 11.5 Å². The molecule has 1 saturated heterocycles. The zero-order valence-electron chi connectivity index (χ0n) is 12.2. The van der Waals surface area contributed by atoms with Gasteiger partial charge in [-0.1, -0.05) is 18.2 Å². The third-order valence-electron chi connectivity index (χ3n) is 4.62. The Kier molecular flexibility index (Phi) is 3.82. The molecule has 0 bridgehead atoms. The number of benzene rings is 1. The molecule has 1 aliphatic carbocycles. The minimum Gasteiger partial charge on any atom is -0.481 e. The van der Waals surface area contributed by atoms with Crippen molar-refractivity contribution in [3.05, 3.63) is 35.4 Å². The van der Waals surface area contributed by atoms with E-state index < -0.39 is 35.5 Å². The number of halogens is 3. The van der Waals surface area contributed by atoms with Crippen LogP contribution >= 0.6 is 0 Å². The van der Waals surface area contributed by atoms with Crippen LogP contribution in [0.5, 0.6) is 0 Å². The molecule has 7 heteroatoms. The summed E-state index contributed by atoms with van der Waals surface area (Å²) in [5.74, 6) is -2.63. The molecule has 1 aliphatic heterocycles. The Morgan fingerprint density at radius 1 is 1.22 bits per heavy atom. The van der Waals surface area contributed by atoms with Gasteiger partial charge in [0.25, 0.3) is 0 Å². The lowest BCUT2D eigenvalue weighted by Crippen LogP contribution is -2.31. The van der Waals surface area contributed by atoms with Gasteiger partial charge in [-0.05, 0) is 30.4 Å². The van der Waals surface area contributed by atoms with Crippen molar-refractivity contribution >= 4 is 11.9 Å². The highest BCUT2D eigenvalue weighted by atomic mass is 19.4. The summed E-state index contributed by atoms with van der Waals surface area (Å²) >= 11 is 0. The molecule has 1 N–H and O–H groups in total. The van der Waals surface area contributed by atoms with Crippen molar-refractivity contribution in [3.8, 4) is 0 Å². The van der Waals surface area contributed by atoms with Gasteiger partial charge in [0.1, 0.15) is 0 Å². The quantitative estimate of drug-likeness (QED) is 0.929. The molecule has 124 valence electrons. The first-order chi connectivity index (χ1) is 10.8. The van der Waals surface area contributed by atoms with Crippen LogP contribution in [0.15, 0.2) is 24.3 Å². The number of likely N-dealkylation sites (tertiary alicyclic amines) is 1. The van der Waals surface area contributed by atoms with Crippen molar-refractivity contribution in [2.45, 2.75) is 24.9 Å². The number of aliphatic carboxylic acids is 1. The van der Waals surface area contributed by atoms with Crippen molar-refractivity contribution < 1.29 is 27.9 Å². The monoisotopic (exact) mass is 327 g/mol. The molecule has 1 saturated carbocycles. The molecule has 2 aliphatic rings. The SMILES string of the molecule is O=C(O)[C@@H]1CCN(C(=O)[C@H]2C[C@@H]2c2ccccc2C(F)(F)F)C1. The van der Waals surface area contributed by atoms with Gasteiger partial charge in [-0.3, -0.25) is 9.59 Å². The van der Waals surface area contributed by atoms with Gasteiger partial charge < -0.3 is 10.0 Å². The molecule has 3 atom stereocenters. The average Bonchev–Trinajstić information content (AvgIpc) is 3.12. The van der Waals surface area contributed by atoms with E-state index in [4.69, 9.17) is 5.11 Å². The van der Waals surface area contributed by atoms with Crippen LogP contribution < -0.4 is 0 Å². The van der Waals surface area contributed by atoms with Crippen molar-refractivity contribution in [1.82, 2.24) is 4.90 Å². The molecule has 3 rings (SSSR count). The Bertz CT molecular complexity index is 644. The summed E-state index contributed by atoms with van der Waals surface area (Å²) in [6.45, 7) is 0.512. The van der Waals surface area contributed by atoms with Crippen molar-refractivity contribution in [2.24, 2.45) is 11.8 Å². The highest BCUT2D eigenvalue weighted by Crippen LogP contribution is 2.52. The molecule has 1 amide bonds. The number of carboxylic acids is 1. The van der Waals surface area contributed by atoms with Crippen LogP contribution in [0.1, 0.15) is 29.9 Å². The normalized spacial score (nSPS) is 27.1. The zero-order chi connectivity index (χ0) is 16.8. The maximum absolute atomic E-state index is 13.0. The van der Waals surface area contributed by atoms with Crippen molar-refractivity contribution in [2.75, 3.05) is 13.1 Å². The lowest BCUT2D eigenvalue weighted by molar-refractivity contribution is -0.142. The van der Waals surface area contributed by atoms with E-state index in [0.717, 1.165) is 6.07 Å². The minimum atomic E-state index is -4.44. The first-order valence-corrected chi connectivity index (χ1v) is 7.46. The highest BCUT2D eigenvalue weighted by Gasteiger charge is 2.50. The number of carbonyl (C=O) groups excluding carboxylic acids is 1. The Morgan fingerprint density at radius 3 is 2.52 bits per heavy atom. The fourth-order valence-electron chi connectivity index (χ4n) is 3.29. The number of nitrogens with zero attached hydrogens (tertiary/aromatic N) is 1. The highest BCUT2D eigenvalue weighted by molar-refractivity contribution is 5.84. The average molecular weight is 327 g/mol. The fourth-order valence-corrected chi connectivity index (χ4v) is 3.29. The van der Waals surface area contributed by atoms with Crippen LogP contribution in [0.3, 0.4) is 0 Å². The second kappa shape index (κ2) is 5.54. The lowest BCUT2D eigenvalue weighted by Gasteiger charge is -2.17. The number of alkyl halides is 3. The molecular weight excluding hydrogens is 311 g/mol. The molecular formula is C16H16F3NO3. The number of hydrogen-bond acceptors (Lipinski definition) is 2. The van der Waals surface area contributed by atoms with Crippen molar-refractivity contribution in [1.29, 1.82) is 0 Å². The third-order valence-corrected chi connectivity index (χ3v) is 4.62. The molecule has 1 aromatic carbocycles. The fraction of sp³-hybridized carbons (Fsp3) is 0.500. The molecule has 1 aromatic rings. The molecule has 1 heterocycles. The summed E-state index contributed by atoms with van der Waals surface area (Å²) in [6.07, 6.45) is -3.65. The summed E-state index contributed by atoms with van der Waals surface area (Å²) in [4.78, 5) is 24.8. The Morgan fingerprint density at radius 2 is 1.91 bits per heavy atom. The van der Waals surface area contributed by atoms with E-state index >= 15 is 0 Å². The van der Waals surface area contributed by atoms with Gasteiger partial charge in [0, 0.05) is 19.0 Å². The first kappa shape index (κ1) is 15.8. The summed E-state index contributed by atoms with van der Waals surface area (Å²) in [7, 11) is 0. The van der Waals surface area contributed by atoms with E-state index in [0.29, 0.717) is 19.4 Å². The second-order valence-electron chi connectivity index (χ2n) is 6.14. The predicted octanol–water partition coefficient (Wildman–Crippen LogP) is 2.74. The molecule has 0 unspecified atom stereocenters. The van der Waals surface area contributed by atoms with E-state index in [1.807, 2.05) is 0 Å². The number of hydrogen-bond donors (Lipinski definition) is 1. The van der Waals surface area contributed by atoms with Gasteiger partial charge in [-0.2, -0.15) is 13.2 Å². The van der Waals surface area contributed by atoms with E-state index in [-0.39, 0.29) is 18.0 Å². The second-order valence-corrected chi connectivity index (χ2v) is 6.14. The lowest BCUT2D eigenvalue weighted by atomic mass is 10.0. The number of carbonyl (C=O) groups is 2. The number of carboxylic acid groups (broad SMARTS) is 1. The van der Waals surface area contributed by atoms with Gasteiger partial charge in [0.15, 0.2) is 0 Å². The van der Waals surface area contributed by atoms with Gasteiger partial charge in [-0.15, -0.1) is 0 Å². The van der Waals surface area contributed by atoms with Crippen LogP contribution in [0.25, 0.3) is 0 Å². The summed E-state index contributed by atoms with van der Waals surface area (Å²) in [5, 5.41) is 8.96. The van der Waals surface area contributed by atoms with Crippen LogP contribution in [0.4, 0.5) is 13.2 Å². The maximum Gasteiger partial charge on any atom is 0.416 e. The maximum atomic E-state index is 13.0. The first-order valence-electron chi connectivity index (χ1n) is 7.46. The third kappa shape index (κ3) is 3.04. The van der Waals surface area contributed by atoms with Crippen LogP contribution in [0, 0.1) is 11.8 Å². The van der Waals surface area contributed by atoms with Gasteiger partial charge in [0.2, 0.25) is 5.91 Å². The molecule has 23 heavy (non-hydrogen) atoms. The summed E-state index contributed by atoms with van der Waals surface area (Å²) < 4.78 is 39.1. The topological polar surface area (TPSA) is 57.6 Å². The smallest absolute Gasteiger partial charge is 0.416 e. The predicted molar refractivity (Wildman–Crippen MR) is 74.6 cm³/mol. The van der Waals surface area contributed by atoms with Crippen molar-refractivity contribution in [3.63, 3.8) is 0 Å². The largest absolute Gasteiger partial charge is 0.481 e. The van der Waals surface area contributed by atoms with Gasteiger partial charge in [-0.25, -0.2) is 0 Å².